The Kier molecular flexibility index (Phi) is 10.2. The largest absolute Gasteiger partial charge is 0.214 e. The van der Waals surface area contributed by atoms with Gasteiger partial charge in [-0.1, -0.05) is 280 Å². The van der Waals surface area contributed by atoms with Gasteiger partial charge in [-0.25, -0.2) is 0 Å². The van der Waals surface area contributed by atoms with E-state index in [1.165, 1.54) is 41.5 Å². The van der Waals surface area contributed by atoms with Crippen LogP contribution in [-0.4, -0.2) is 28.7 Å². The minimum Gasteiger partial charge on any atom is -0.158 e. The molecule has 8 rings (SSSR count). The van der Waals surface area contributed by atoms with Crippen LogP contribution in [0.5, 0.6) is 0 Å². The number of rotatable bonds is 11. The highest BCUT2D eigenvalue weighted by Crippen LogP contribution is 2.38. The molecule has 8 aromatic carbocycles. The van der Waals surface area contributed by atoms with E-state index >= 15 is 0 Å². The van der Waals surface area contributed by atoms with Gasteiger partial charge in [0, 0.05) is 0 Å². The molecule has 5 heteroatoms. The zero-order valence-electron chi connectivity index (χ0n) is 30.5. The summed E-state index contributed by atoms with van der Waals surface area (Å²) < 4.78 is 0. The molecule has 0 nitrogen and oxygen atoms in total. The molecular formula is C49H43ClSi4. The second kappa shape index (κ2) is 15.3. The molecule has 0 unspecified atom stereocenters. The Morgan fingerprint density at radius 3 is 0.667 bits per heavy atom. The van der Waals surface area contributed by atoms with E-state index in [2.05, 4.69) is 249 Å². The lowest BCUT2D eigenvalue weighted by Crippen LogP contribution is -3.05. The summed E-state index contributed by atoms with van der Waals surface area (Å²) in [5, 5.41) is 11.1. The summed E-state index contributed by atoms with van der Waals surface area (Å²) in [6, 6.07) is 92.2. The fourth-order valence-corrected chi connectivity index (χ4v) is 91.8. The highest BCUT2D eigenvalue weighted by molar-refractivity contribution is 8.03. The summed E-state index contributed by atoms with van der Waals surface area (Å²) in [5.74, 6) is 0. The fraction of sp³-hybridized carbons (Fsp3) is 0.0204. The molecule has 0 saturated carbocycles. The van der Waals surface area contributed by atoms with Gasteiger partial charge in [0.05, 0.1) is 0 Å². The predicted octanol–water partition coefficient (Wildman–Crippen LogP) is 6.64. The van der Waals surface area contributed by atoms with Crippen LogP contribution in [0.15, 0.2) is 243 Å². The fourth-order valence-electron chi connectivity index (χ4n) is 9.64. The van der Waals surface area contributed by atoms with Crippen molar-refractivity contribution in [2.75, 3.05) is 0 Å². The third-order valence-electron chi connectivity index (χ3n) is 11.7. The molecule has 0 aliphatic rings. The van der Waals surface area contributed by atoms with Gasteiger partial charge in [-0.15, -0.1) is 0 Å². The zero-order chi connectivity index (χ0) is 36.9. The van der Waals surface area contributed by atoms with Crippen LogP contribution in [0, 0.1) is 0 Å². The Morgan fingerprint density at radius 2 is 0.426 bits per heavy atom. The second-order valence-electron chi connectivity index (χ2n) is 14.2. The summed E-state index contributed by atoms with van der Waals surface area (Å²) >= 11 is 9.40. The molecule has 0 atom stereocenters. The van der Waals surface area contributed by atoms with E-state index in [4.69, 9.17) is 0 Å². The maximum absolute atomic E-state index is 9.40. The van der Waals surface area contributed by atoms with Gasteiger partial charge < -0.3 is 0 Å². The Labute approximate surface area is 328 Å². The minimum absolute atomic E-state index is 1.26. The van der Waals surface area contributed by atoms with Gasteiger partial charge >= 0.3 is 0 Å². The first-order valence-corrected chi connectivity index (χ1v) is 31.2. The second-order valence-corrected chi connectivity index (χ2v) is 45.3. The first-order valence-electron chi connectivity index (χ1n) is 18.7. The zero-order valence-corrected chi connectivity index (χ0v) is 35.2. The summed E-state index contributed by atoms with van der Waals surface area (Å²) in [5.41, 5.74) is 0. The molecule has 0 aliphatic heterocycles. The van der Waals surface area contributed by atoms with Gasteiger partial charge in [-0.2, -0.15) is 11.1 Å². The Bertz CT molecular complexity index is 2050. The van der Waals surface area contributed by atoms with Crippen LogP contribution in [-0.2, 0) is 0 Å². The lowest BCUT2D eigenvalue weighted by Gasteiger charge is -2.62. The van der Waals surface area contributed by atoms with Crippen LogP contribution in [0.2, 0.25) is 6.55 Å². The van der Waals surface area contributed by atoms with Crippen LogP contribution in [0.1, 0.15) is 0 Å². The molecule has 0 fully saturated rings. The molecule has 8 aromatic rings. The molecule has 0 spiro atoms. The van der Waals surface area contributed by atoms with Crippen LogP contribution < -0.4 is 41.5 Å². The third-order valence-corrected chi connectivity index (χ3v) is 68.9. The molecule has 0 saturated heterocycles. The van der Waals surface area contributed by atoms with Gasteiger partial charge in [0.25, 0.3) is 0 Å². The highest BCUT2D eigenvalue weighted by Gasteiger charge is 2.77. The van der Waals surface area contributed by atoms with E-state index in [1.54, 1.807) is 0 Å². The van der Waals surface area contributed by atoms with Gasteiger partial charge in [0.15, 0.2) is 0 Å². The highest BCUT2D eigenvalue weighted by atomic mass is 35.6. The first kappa shape index (κ1) is 35.9. The Balaban J connectivity index is 1.78. The summed E-state index contributed by atoms with van der Waals surface area (Å²) in [4.78, 5) is 0. The van der Waals surface area contributed by atoms with E-state index in [0.29, 0.717) is 0 Å². The minimum atomic E-state index is -3.44. The molecular weight excluding hydrogens is 736 g/mol. The number of halogens is 1. The average molecular weight is 780 g/mol. The van der Waals surface area contributed by atoms with Crippen LogP contribution in [0.25, 0.3) is 0 Å². The van der Waals surface area contributed by atoms with E-state index in [-0.39, 0.29) is 0 Å². The monoisotopic (exact) mass is 778 g/mol. The maximum Gasteiger partial charge on any atom is 0.214 e. The standard InChI is InChI=1S/C49H43ClSi4/c1-51(42-26-10-2-11-27-42,43-28-12-3-13-29-43)53(46-34-18-6-19-35-46,47-36-20-7-21-37-47)54(48-38-22-8-23-39-48,49-40-24-9-25-41-49)52(50,44-30-14-4-15-31-44)45-32-16-5-17-33-45/h2-41H,1H3. The van der Waals surface area contributed by atoms with E-state index in [9.17, 15) is 11.1 Å². The molecule has 54 heavy (non-hydrogen) atoms. The van der Waals surface area contributed by atoms with Crippen molar-refractivity contribution < 1.29 is 0 Å². The van der Waals surface area contributed by atoms with Crippen LogP contribution >= 0.6 is 11.1 Å². The summed E-state index contributed by atoms with van der Waals surface area (Å²) in [6.45, 7) is -0.724. The predicted molar refractivity (Wildman–Crippen MR) is 243 cm³/mol. The smallest absolute Gasteiger partial charge is 0.158 e. The molecule has 0 amide bonds. The molecule has 0 aromatic heterocycles. The first-order chi connectivity index (χ1) is 26.6. The van der Waals surface area contributed by atoms with Crippen LogP contribution in [0.4, 0.5) is 0 Å². The summed E-state index contributed by atoms with van der Waals surface area (Å²) in [6.07, 6.45) is 0. The van der Waals surface area contributed by atoms with Crippen molar-refractivity contribution >= 4 is 81.3 Å². The van der Waals surface area contributed by atoms with Crippen molar-refractivity contribution in [3.8, 4) is 0 Å². The van der Waals surface area contributed by atoms with Gasteiger partial charge in [-0.3, -0.25) is 0 Å². The van der Waals surface area contributed by atoms with Crippen LogP contribution in [0.3, 0.4) is 0 Å². The Morgan fingerprint density at radius 1 is 0.241 bits per heavy atom. The van der Waals surface area contributed by atoms with Crippen molar-refractivity contribution in [3.05, 3.63) is 243 Å². The van der Waals surface area contributed by atoms with Crippen molar-refractivity contribution in [1.82, 2.24) is 0 Å². The Hall–Kier alpha value is -5.08. The normalized spacial score (nSPS) is 12.3. The number of hydrogen-bond acceptors (Lipinski definition) is 0. The molecule has 0 N–H and O–H groups in total. The average Bonchev–Trinajstić information content (AvgIpc) is 3.27. The van der Waals surface area contributed by atoms with E-state index in [0.717, 1.165) is 0 Å². The van der Waals surface area contributed by atoms with Crippen molar-refractivity contribution in [3.63, 3.8) is 0 Å². The van der Waals surface area contributed by atoms with E-state index in [1.807, 2.05) is 0 Å². The van der Waals surface area contributed by atoms with E-state index < -0.39 is 28.7 Å². The molecule has 0 heterocycles. The van der Waals surface area contributed by atoms with Gasteiger partial charge in [-0.05, 0) is 10.4 Å². The lowest BCUT2D eigenvalue weighted by atomic mass is 10.4. The van der Waals surface area contributed by atoms with Crippen molar-refractivity contribution in [2.24, 2.45) is 0 Å². The van der Waals surface area contributed by atoms with Gasteiger partial charge in [0.2, 0.25) is 6.90 Å². The number of hydrogen-bond donors (Lipinski definition) is 0. The summed E-state index contributed by atoms with van der Waals surface area (Å²) in [7, 11) is -9.77. The van der Waals surface area contributed by atoms with Gasteiger partial charge in [0.1, 0.15) is 21.8 Å². The van der Waals surface area contributed by atoms with Crippen molar-refractivity contribution in [2.45, 2.75) is 6.55 Å². The third kappa shape index (κ3) is 5.52. The lowest BCUT2D eigenvalue weighted by molar-refractivity contribution is 1.68. The van der Waals surface area contributed by atoms with Crippen molar-refractivity contribution in [1.29, 1.82) is 0 Å². The SMILES string of the molecule is C[Si](c1ccccc1)(c1ccccc1)[Si](c1ccccc1)(c1ccccc1)[Si](c1ccccc1)(c1ccccc1)[Si](Cl)(c1ccccc1)c1ccccc1. The maximum atomic E-state index is 9.40. The molecule has 262 valence electrons. The molecule has 0 bridgehead atoms. The molecule has 0 aliphatic carbocycles. The number of benzene rings is 8. The molecule has 0 radical (unpaired) electrons. The quantitative estimate of drug-likeness (QED) is 0.102. The topological polar surface area (TPSA) is 0 Å².